The minimum Gasteiger partial charge on any atom is -0.357 e. The molecular weight excluding hydrogens is 324 g/mol. The quantitative estimate of drug-likeness (QED) is 0.867. The molecule has 7 heteroatoms. The second kappa shape index (κ2) is 7.11. The van der Waals surface area contributed by atoms with Gasteiger partial charge in [0.15, 0.2) is 0 Å². The smallest absolute Gasteiger partial charge is 0.274 e. The molecule has 0 bridgehead atoms. The largest absolute Gasteiger partial charge is 0.357 e. The van der Waals surface area contributed by atoms with Gasteiger partial charge in [0.2, 0.25) is 5.91 Å². The number of hydrogen-bond acceptors (Lipinski definition) is 5. The maximum Gasteiger partial charge on any atom is 0.274 e. The molecule has 1 aromatic heterocycles. The fourth-order valence-corrected chi connectivity index (χ4v) is 3.72. The number of hydrogen-bond donors (Lipinski definition) is 2. The van der Waals surface area contributed by atoms with Gasteiger partial charge in [-0.2, -0.15) is 0 Å². The second-order valence-electron chi connectivity index (χ2n) is 5.87. The topological polar surface area (TPSA) is 88.3 Å². The molecule has 1 aliphatic heterocycles. The van der Waals surface area contributed by atoms with Crippen LogP contribution in [0.4, 0.5) is 0 Å². The van der Waals surface area contributed by atoms with Crippen LogP contribution >= 0.6 is 11.3 Å². The van der Waals surface area contributed by atoms with Gasteiger partial charge in [0, 0.05) is 31.4 Å². The number of nitrogens with one attached hydrogen (secondary N) is 1. The minimum atomic E-state index is -0.517. The van der Waals surface area contributed by atoms with Crippen LogP contribution in [0.25, 0.3) is 0 Å². The lowest BCUT2D eigenvalue weighted by atomic mass is 10.1. The van der Waals surface area contributed by atoms with E-state index in [1.807, 2.05) is 30.3 Å². The van der Waals surface area contributed by atoms with Crippen molar-refractivity contribution in [3.63, 3.8) is 0 Å². The molecule has 2 amide bonds. The van der Waals surface area contributed by atoms with Crippen molar-refractivity contribution in [2.75, 3.05) is 13.6 Å². The standard InChI is InChI=1S/C17H20N4O2S/c1-19-16(22)14-8-12(18)9-21(14)17(23)13-10-24-15(20-13)7-11-5-3-2-4-6-11/h2-6,10,12,14H,7-9,18H2,1H3,(H,19,22)/t12-,14-/m0/s1. The number of nitrogens with zero attached hydrogens (tertiary/aromatic N) is 2. The second-order valence-corrected chi connectivity index (χ2v) is 6.81. The molecule has 3 rings (SSSR count). The first-order chi connectivity index (χ1) is 11.6. The van der Waals surface area contributed by atoms with E-state index in [1.54, 1.807) is 12.4 Å². The average Bonchev–Trinajstić information content (AvgIpc) is 3.21. The van der Waals surface area contributed by atoms with Crippen molar-refractivity contribution in [2.24, 2.45) is 5.73 Å². The van der Waals surface area contributed by atoms with Crippen molar-refractivity contribution in [3.05, 3.63) is 52.0 Å². The third-order valence-corrected chi connectivity index (χ3v) is 4.96. The maximum absolute atomic E-state index is 12.7. The number of carbonyl (C=O) groups excluding carboxylic acids is 2. The van der Waals surface area contributed by atoms with Crippen LogP contribution in [0, 0.1) is 0 Å². The summed E-state index contributed by atoms with van der Waals surface area (Å²) < 4.78 is 0. The van der Waals surface area contributed by atoms with E-state index < -0.39 is 6.04 Å². The van der Waals surface area contributed by atoms with Crippen molar-refractivity contribution < 1.29 is 9.59 Å². The molecule has 1 aromatic carbocycles. The predicted molar refractivity (Wildman–Crippen MR) is 92.8 cm³/mol. The molecule has 3 N–H and O–H groups in total. The first kappa shape index (κ1) is 16.6. The molecule has 24 heavy (non-hydrogen) atoms. The van der Waals surface area contributed by atoms with Gasteiger partial charge in [0.1, 0.15) is 11.7 Å². The third kappa shape index (κ3) is 3.47. The highest BCUT2D eigenvalue weighted by Crippen LogP contribution is 2.22. The van der Waals surface area contributed by atoms with Gasteiger partial charge in [-0.3, -0.25) is 9.59 Å². The lowest BCUT2D eigenvalue weighted by molar-refractivity contribution is -0.124. The van der Waals surface area contributed by atoms with Crippen LogP contribution in [0.3, 0.4) is 0 Å². The number of likely N-dealkylation sites (tertiary alicyclic amines) is 1. The van der Waals surface area contributed by atoms with E-state index >= 15 is 0 Å². The van der Waals surface area contributed by atoms with E-state index in [0.717, 1.165) is 10.6 Å². The SMILES string of the molecule is CNC(=O)[C@@H]1C[C@H](N)CN1C(=O)c1csc(Cc2ccccc2)n1. The van der Waals surface area contributed by atoms with E-state index in [2.05, 4.69) is 10.3 Å². The van der Waals surface area contributed by atoms with E-state index in [4.69, 9.17) is 5.73 Å². The van der Waals surface area contributed by atoms with E-state index in [1.165, 1.54) is 16.2 Å². The van der Waals surface area contributed by atoms with Crippen molar-refractivity contribution in [3.8, 4) is 0 Å². The number of amides is 2. The number of nitrogens with two attached hydrogens (primary N) is 1. The van der Waals surface area contributed by atoms with E-state index in [9.17, 15) is 9.59 Å². The summed E-state index contributed by atoms with van der Waals surface area (Å²) in [7, 11) is 1.57. The van der Waals surface area contributed by atoms with Crippen LogP contribution in [0.15, 0.2) is 35.7 Å². The Morgan fingerprint density at radius 1 is 1.38 bits per heavy atom. The monoisotopic (exact) mass is 344 g/mol. The molecule has 126 valence electrons. The average molecular weight is 344 g/mol. The summed E-state index contributed by atoms with van der Waals surface area (Å²) in [4.78, 5) is 30.7. The molecule has 1 fully saturated rings. The Balaban J connectivity index is 1.74. The first-order valence-electron chi connectivity index (χ1n) is 7.85. The molecule has 2 heterocycles. The van der Waals surface area contributed by atoms with Crippen LogP contribution in [0.2, 0.25) is 0 Å². The predicted octanol–water partition coefficient (Wildman–Crippen LogP) is 1.02. The van der Waals surface area contributed by atoms with Crippen molar-refractivity contribution in [1.82, 2.24) is 15.2 Å². The fraction of sp³-hybridized carbons (Fsp3) is 0.353. The number of aromatic nitrogens is 1. The summed E-state index contributed by atoms with van der Waals surface area (Å²) in [6, 6.07) is 9.29. The Morgan fingerprint density at radius 2 is 2.12 bits per heavy atom. The zero-order valence-electron chi connectivity index (χ0n) is 13.4. The highest BCUT2D eigenvalue weighted by Gasteiger charge is 2.38. The van der Waals surface area contributed by atoms with Gasteiger partial charge in [-0.05, 0) is 12.0 Å². The maximum atomic E-state index is 12.7. The number of thiazole rings is 1. The summed E-state index contributed by atoms with van der Waals surface area (Å²) in [6.07, 6.45) is 1.17. The lowest BCUT2D eigenvalue weighted by Gasteiger charge is -2.22. The van der Waals surface area contributed by atoms with Gasteiger partial charge in [0.25, 0.3) is 5.91 Å². The third-order valence-electron chi connectivity index (χ3n) is 4.11. The highest BCUT2D eigenvalue weighted by molar-refractivity contribution is 7.09. The number of rotatable bonds is 4. The molecule has 1 aliphatic rings. The van der Waals surface area contributed by atoms with Gasteiger partial charge < -0.3 is 16.0 Å². The summed E-state index contributed by atoms with van der Waals surface area (Å²) >= 11 is 1.46. The molecule has 2 aromatic rings. The molecule has 1 saturated heterocycles. The van der Waals surface area contributed by atoms with E-state index in [-0.39, 0.29) is 17.9 Å². The Bertz CT molecular complexity index is 731. The summed E-state index contributed by atoms with van der Waals surface area (Å²) in [5.74, 6) is -0.414. The zero-order chi connectivity index (χ0) is 17.1. The zero-order valence-corrected chi connectivity index (χ0v) is 14.3. The van der Waals surface area contributed by atoms with Gasteiger partial charge in [-0.25, -0.2) is 4.98 Å². The Morgan fingerprint density at radius 3 is 2.83 bits per heavy atom. The van der Waals surface area contributed by atoms with Gasteiger partial charge in [0.05, 0.1) is 5.01 Å². The van der Waals surface area contributed by atoms with Gasteiger partial charge in [-0.15, -0.1) is 11.3 Å². The van der Waals surface area contributed by atoms with Crippen molar-refractivity contribution in [1.29, 1.82) is 0 Å². The fourth-order valence-electron chi connectivity index (χ4n) is 2.92. The molecule has 0 unspecified atom stereocenters. The number of carbonyl (C=O) groups is 2. The van der Waals surface area contributed by atoms with Crippen LogP contribution < -0.4 is 11.1 Å². The molecule has 6 nitrogen and oxygen atoms in total. The Labute approximate surface area is 144 Å². The minimum absolute atomic E-state index is 0.182. The van der Waals surface area contributed by atoms with E-state index in [0.29, 0.717) is 25.1 Å². The molecule has 0 spiro atoms. The van der Waals surface area contributed by atoms with Crippen molar-refractivity contribution in [2.45, 2.75) is 24.9 Å². The number of benzene rings is 1. The molecule has 0 radical (unpaired) electrons. The van der Waals surface area contributed by atoms with Gasteiger partial charge in [-0.1, -0.05) is 30.3 Å². The molecule has 0 saturated carbocycles. The first-order valence-corrected chi connectivity index (χ1v) is 8.73. The normalized spacial score (nSPS) is 20.2. The summed E-state index contributed by atoms with van der Waals surface area (Å²) in [5.41, 5.74) is 7.47. The Kier molecular flexibility index (Phi) is 4.92. The van der Waals surface area contributed by atoms with Gasteiger partial charge >= 0.3 is 0 Å². The van der Waals surface area contributed by atoms with Crippen LogP contribution in [-0.4, -0.2) is 47.4 Å². The van der Waals surface area contributed by atoms with Crippen LogP contribution in [0.1, 0.15) is 27.5 Å². The Hall–Kier alpha value is -2.25. The molecule has 2 atom stereocenters. The number of likely N-dealkylation sites (N-methyl/N-ethyl adjacent to an activating group) is 1. The lowest BCUT2D eigenvalue weighted by Crippen LogP contribution is -2.45. The molecular formula is C17H20N4O2S. The summed E-state index contributed by atoms with van der Waals surface area (Å²) in [6.45, 7) is 0.377. The van der Waals surface area contributed by atoms with Crippen molar-refractivity contribution >= 4 is 23.2 Å². The van der Waals surface area contributed by atoms with Crippen LogP contribution in [-0.2, 0) is 11.2 Å². The van der Waals surface area contributed by atoms with Crippen LogP contribution in [0.5, 0.6) is 0 Å². The summed E-state index contributed by atoms with van der Waals surface area (Å²) in [5, 5.41) is 5.23. The molecule has 0 aliphatic carbocycles. The highest BCUT2D eigenvalue weighted by atomic mass is 32.1.